The fraction of sp³-hybridized carbons (Fsp3) is 0.484. The molecule has 40 heavy (non-hydrogen) atoms. The molecule has 0 fully saturated rings. The fourth-order valence-electron chi connectivity index (χ4n) is 4.04. The van der Waals surface area contributed by atoms with Crippen LogP contribution in [0.5, 0.6) is 0 Å². The predicted octanol–water partition coefficient (Wildman–Crippen LogP) is 4.56. The van der Waals surface area contributed by atoms with Crippen LogP contribution in [-0.2, 0) is 30.3 Å². The van der Waals surface area contributed by atoms with Gasteiger partial charge >= 0.3 is 12.1 Å². The first kappa shape index (κ1) is 32.3. The van der Waals surface area contributed by atoms with Crippen molar-refractivity contribution in [2.75, 3.05) is 6.54 Å². The number of hydrogen-bond donors (Lipinski definition) is 2. The van der Waals surface area contributed by atoms with Gasteiger partial charge in [-0.1, -0.05) is 60.7 Å². The molecule has 218 valence electrons. The van der Waals surface area contributed by atoms with Crippen LogP contribution in [0, 0.1) is 0 Å². The molecule has 0 saturated heterocycles. The summed E-state index contributed by atoms with van der Waals surface area (Å²) in [7, 11) is 0. The van der Waals surface area contributed by atoms with E-state index in [0.29, 0.717) is 5.56 Å². The molecule has 0 heterocycles. The minimum absolute atomic E-state index is 0.169. The van der Waals surface area contributed by atoms with Crippen molar-refractivity contribution in [3.63, 3.8) is 0 Å². The van der Waals surface area contributed by atoms with Gasteiger partial charge < -0.3 is 25.0 Å². The molecule has 0 bridgehead atoms. The molecular weight excluding hydrogens is 510 g/mol. The van der Waals surface area contributed by atoms with Crippen molar-refractivity contribution in [3.05, 3.63) is 71.8 Å². The van der Waals surface area contributed by atoms with E-state index in [-0.39, 0.29) is 13.0 Å². The number of hydrogen-bond acceptors (Lipinski definition) is 6. The molecule has 0 saturated carbocycles. The van der Waals surface area contributed by atoms with Crippen LogP contribution in [0.25, 0.3) is 0 Å². The molecule has 0 aromatic heterocycles. The molecule has 0 aliphatic rings. The van der Waals surface area contributed by atoms with Crippen LogP contribution in [-0.4, -0.2) is 58.6 Å². The van der Waals surface area contributed by atoms with Gasteiger partial charge in [0.05, 0.1) is 0 Å². The van der Waals surface area contributed by atoms with Crippen molar-refractivity contribution < 1.29 is 28.7 Å². The maximum Gasteiger partial charge on any atom is 0.408 e. The topological polar surface area (TPSA) is 114 Å². The molecule has 9 heteroatoms. The molecule has 3 amide bonds. The minimum atomic E-state index is -1.07. The summed E-state index contributed by atoms with van der Waals surface area (Å²) in [4.78, 5) is 54.4. The van der Waals surface area contributed by atoms with Crippen LogP contribution in [0.2, 0.25) is 0 Å². The Morgan fingerprint density at radius 2 is 1.32 bits per heavy atom. The van der Waals surface area contributed by atoms with Crippen LogP contribution >= 0.6 is 0 Å². The van der Waals surface area contributed by atoms with E-state index in [2.05, 4.69) is 10.6 Å². The lowest BCUT2D eigenvalue weighted by Crippen LogP contribution is -2.54. The maximum absolute atomic E-state index is 13.9. The summed E-state index contributed by atoms with van der Waals surface area (Å²) in [5.41, 5.74) is -0.0981. The normalized spacial score (nSPS) is 13.8. The van der Waals surface area contributed by atoms with Gasteiger partial charge in [-0.3, -0.25) is 9.59 Å². The van der Waals surface area contributed by atoms with Gasteiger partial charge in [-0.05, 0) is 66.5 Å². The third-order valence-electron chi connectivity index (χ3n) is 5.69. The number of nitrogens with zero attached hydrogens (tertiary/aromatic N) is 1. The molecule has 3 atom stereocenters. The molecule has 3 unspecified atom stereocenters. The number of carbonyl (C=O) groups is 4. The van der Waals surface area contributed by atoms with E-state index in [1.807, 2.05) is 36.4 Å². The SMILES string of the molecule is CCN(C(=O)C(C)NC(=O)OC(C)(C)C)C(C(=O)NC(Cc1ccccc1)C(=O)OC(C)(C)C)c1ccccc1. The first-order valence-electron chi connectivity index (χ1n) is 13.5. The average Bonchev–Trinajstić information content (AvgIpc) is 2.85. The van der Waals surface area contributed by atoms with Gasteiger partial charge in [0, 0.05) is 13.0 Å². The fourth-order valence-corrected chi connectivity index (χ4v) is 4.04. The van der Waals surface area contributed by atoms with Crippen molar-refractivity contribution in [1.82, 2.24) is 15.5 Å². The number of nitrogens with one attached hydrogen (secondary N) is 2. The summed E-state index contributed by atoms with van der Waals surface area (Å²) in [5, 5.41) is 5.40. The third-order valence-corrected chi connectivity index (χ3v) is 5.69. The Bertz CT molecular complexity index is 1140. The van der Waals surface area contributed by atoms with E-state index < -0.39 is 53.2 Å². The molecule has 0 aliphatic carbocycles. The zero-order chi connectivity index (χ0) is 30.1. The second-order valence-corrected chi connectivity index (χ2v) is 11.6. The Balaban J connectivity index is 2.38. The standard InChI is InChI=1S/C31H43N3O6/c1-9-34(27(36)21(2)32-29(38)40-31(6,7)8)25(23-18-14-11-15-19-23)26(35)33-24(28(37)39-30(3,4)5)20-22-16-12-10-13-17-22/h10-19,21,24-25H,9,20H2,1-8H3,(H,32,38)(H,33,35). The summed E-state index contributed by atoms with van der Waals surface area (Å²) >= 11 is 0. The third kappa shape index (κ3) is 10.4. The molecule has 2 N–H and O–H groups in total. The lowest BCUT2D eigenvalue weighted by Gasteiger charge is -2.34. The van der Waals surface area contributed by atoms with E-state index in [1.165, 1.54) is 11.8 Å². The maximum atomic E-state index is 13.9. The van der Waals surface area contributed by atoms with E-state index in [1.54, 1.807) is 72.7 Å². The van der Waals surface area contributed by atoms with Crippen LogP contribution in [0.1, 0.15) is 72.6 Å². The number of ether oxygens (including phenoxy) is 2. The number of likely N-dealkylation sites (N-methyl/N-ethyl adjacent to an activating group) is 1. The number of benzene rings is 2. The monoisotopic (exact) mass is 553 g/mol. The molecule has 9 nitrogen and oxygen atoms in total. The first-order chi connectivity index (χ1) is 18.6. The molecule has 2 aromatic carbocycles. The van der Waals surface area contributed by atoms with Crippen molar-refractivity contribution in [3.8, 4) is 0 Å². The second-order valence-electron chi connectivity index (χ2n) is 11.6. The molecule has 0 aliphatic heterocycles. The van der Waals surface area contributed by atoms with E-state index in [9.17, 15) is 19.2 Å². The van der Waals surface area contributed by atoms with Crippen LogP contribution in [0.4, 0.5) is 4.79 Å². The van der Waals surface area contributed by atoms with Crippen LogP contribution in [0.15, 0.2) is 60.7 Å². The molecule has 2 aromatic rings. The van der Waals surface area contributed by atoms with E-state index in [4.69, 9.17) is 9.47 Å². The van der Waals surface area contributed by atoms with Gasteiger partial charge in [-0.25, -0.2) is 9.59 Å². The molecule has 0 spiro atoms. The number of amides is 3. The van der Waals surface area contributed by atoms with Crippen LogP contribution < -0.4 is 10.6 Å². The smallest absolute Gasteiger partial charge is 0.408 e. The molecule has 2 rings (SSSR count). The van der Waals surface area contributed by atoms with Crippen molar-refractivity contribution in [2.45, 2.75) is 91.1 Å². The lowest BCUT2D eigenvalue weighted by atomic mass is 10.0. The van der Waals surface area contributed by atoms with Gasteiger partial charge in [-0.2, -0.15) is 0 Å². The Hall–Kier alpha value is -3.88. The van der Waals surface area contributed by atoms with Crippen LogP contribution in [0.3, 0.4) is 0 Å². The minimum Gasteiger partial charge on any atom is -0.458 e. The number of alkyl carbamates (subject to hydrolysis) is 1. The zero-order valence-electron chi connectivity index (χ0n) is 24.8. The summed E-state index contributed by atoms with van der Waals surface area (Å²) < 4.78 is 10.9. The predicted molar refractivity (Wildman–Crippen MR) is 153 cm³/mol. The van der Waals surface area contributed by atoms with Crippen molar-refractivity contribution in [2.24, 2.45) is 0 Å². The summed E-state index contributed by atoms with van der Waals surface area (Å²) in [6.45, 7) is 13.9. The Labute approximate surface area is 237 Å². The van der Waals surface area contributed by atoms with E-state index >= 15 is 0 Å². The molecular formula is C31H43N3O6. The Morgan fingerprint density at radius 1 is 0.800 bits per heavy atom. The van der Waals surface area contributed by atoms with Gasteiger partial charge in [0.1, 0.15) is 29.3 Å². The quantitative estimate of drug-likeness (QED) is 0.417. The number of carbonyl (C=O) groups excluding carboxylic acids is 4. The molecule has 0 radical (unpaired) electrons. The van der Waals surface area contributed by atoms with E-state index in [0.717, 1.165) is 5.56 Å². The highest BCUT2D eigenvalue weighted by atomic mass is 16.6. The summed E-state index contributed by atoms with van der Waals surface area (Å²) in [6.07, 6.45) is -0.530. The summed E-state index contributed by atoms with van der Waals surface area (Å²) in [6, 6.07) is 15.1. The second kappa shape index (κ2) is 14.0. The highest BCUT2D eigenvalue weighted by molar-refractivity contribution is 5.93. The first-order valence-corrected chi connectivity index (χ1v) is 13.5. The van der Waals surface area contributed by atoms with Gasteiger partial charge in [0.15, 0.2) is 0 Å². The van der Waals surface area contributed by atoms with Crippen molar-refractivity contribution >= 4 is 23.9 Å². The Morgan fingerprint density at radius 3 is 1.82 bits per heavy atom. The average molecular weight is 554 g/mol. The van der Waals surface area contributed by atoms with Gasteiger partial charge in [0.2, 0.25) is 11.8 Å². The largest absolute Gasteiger partial charge is 0.458 e. The number of rotatable bonds is 10. The van der Waals surface area contributed by atoms with Crippen molar-refractivity contribution in [1.29, 1.82) is 0 Å². The Kier molecular flexibility index (Phi) is 11.3. The lowest BCUT2D eigenvalue weighted by molar-refractivity contribution is -0.159. The zero-order valence-corrected chi connectivity index (χ0v) is 24.8. The highest BCUT2D eigenvalue weighted by Gasteiger charge is 2.36. The van der Waals surface area contributed by atoms with Gasteiger partial charge in [-0.15, -0.1) is 0 Å². The van der Waals surface area contributed by atoms with Gasteiger partial charge in [0.25, 0.3) is 0 Å². The number of esters is 1. The highest BCUT2D eigenvalue weighted by Crippen LogP contribution is 2.23. The summed E-state index contributed by atoms with van der Waals surface area (Å²) in [5.74, 6) is -1.60.